The molecule has 122 valence electrons. The lowest BCUT2D eigenvalue weighted by Crippen LogP contribution is -2.24. The van der Waals surface area contributed by atoms with Crippen molar-refractivity contribution in [2.75, 3.05) is 12.9 Å². The lowest BCUT2D eigenvalue weighted by atomic mass is 10.2. The van der Waals surface area contributed by atoms with Gasteiger partial charge in [-0.3, -0.25) is 4.79 Å². The van der Waals surface area contributed by atoms with Crippen molar-refractivity contribution < 1.29 is 9.53 Å². The molecule has 3 aromatic rings. The van der Waals surface area contributed by atoms with Gasteiger partial charge in [-0.15, -0.1) is 0 Å². The molecule has 0 atom stereocenters. The van der Waals surface area contributed by atoms with E-state index in [4.69, 9.17) is 4.74 Å². The number of fused-ring (bicyclic) bond motifs is 1. The summed E-state index contributed by atoms with van der Waals surface area (Å²) < 4.78 is 5.12. The standard InChI is InChI=1S/C19H18N2O2S/c1-23-16-8-6-14(7-9-16)12-21-18(22)13-24-19-17-5-3-2-4-15(17)10-11-20-19/h2-11H,12-13H2,1H3,(H,21,22). The zero-order chi connectivity index (χ0) is 16.8. The van der Waals surface area contributed by atoms with Gasteiger partial charge >= 0.3 is 0 Å². The number of methoxy groups -OCH3 is 1. The Kier molecular flexibility index (Phi) is 5.33. The fourth-order valence-electron chi connectivity index (χ4n) is 2.34. The first-order valence-corrected chi connectivity index (χ1v) is 8.61. The quantitative estimate of drug-likeness (QED) is 0.697. The normalized spacial score (nSPS) is 10.5. The minimum Gasteiger partial charge on any atom is -0.497 e. The van der Waals surface area contributed by atoms with Gasteiger partial charge in [0.1, 0.15) is 10.8 Å². The number of carbonyl (C=O) groups is 1. The second-order valence-corrected chi connectivity index (χ2v) is 6.21. The van der Waals surface area contributed by atoms with Gasteiger partial charge in [0, 0.05) is 18.1 Å². The van der Waals surface area contributed by atoms with Crippen molar-refractivity contribution in [3.8, 4) is 5.75 Å². The highest BCUT2D eigenvalue weighted by atomic mass is 32.2. The number of benzene rings is 2. The maximum atomic E-state index is 12.1. The largest absolute Gasteiger partial charge is 0.497 e. The van der Waals surface area contributed by atoms with Gasteiger partial charge in [0.2, 0.25) is 5.91 Å². The number of hydrogen-bond acceptors (Lipinski definition) is 4. The average Bonchev–Trinajstić information content (AvgIpc) is 2.65. The van der Waals surface area contributed by atoms with Crippen LogP contribution in [0, 0.1) is 0 Å². The Balaban J connectivity index is 1.55. The van der Waals surface area contributed by atoms with E-state index in [9.17, 15) is 4.79 Å². The third-order valence-corrected chi connectivity index (χ3v) is 4.63. The monoisotopic (exact) mass is 338 g/mol. The maximum Gasteiger partial charge on any atom is 0.230 e. The SMILES string of the molecule is COc1ccc(CNC(=O)CSc2nccc3ccccc23)cc1. The molecule has 0 aliphatic carbocycles. The summed E-state index contributed by atoms with van der Waals surface area (Å²) in [4.78, 5) is 16.4. The van der Waals surface area contributed by atoms with Crippen LogP contribution in [0.1, 0.15) is 5.56 Å². The van der Waals surface area contributed by atoms with Crippen LogP contribution in [-0.4, -0.2) is 23.8 Å². The molecule has 1 N–H and O–H groups in total. The predicted octanol–water partition coefficient (Wildman–Crippen LogP) is 3.65. The van der Waals surface area contributed by atoms with E-state index in [1.54, 1.807) is 13.3 Å². The minimum absolute atomic E-state index is 0.00875. The molecule has 4 nitrogen and oxygen atoms in total. The molecule has 0 fully saturated rings. The molecule has 24 heavy (non-hydrogen) atoms. The van der Waals surface area contributed by atoms with Crippen LogP contribution in [0.3, 0.4) is 0 Å². The molecule has 0 unspecified atom stereocenters. The number of nitrogens with one attached hydrogen (secondary N) is 1. The van der Waals surface area contributed by atoms with E-state index >= 15 is 0 Å². The van der Waals surface area contributed by atoms with Gasteiger partial charge in [0.05, 0.1) is 12.9 Å². The molecule has 0 saturated heterocycles. The van der Waals surface area contributed by atoms with Crippen LogP contribution in [0.5, 0.6) is 5.75 Å². The second-order valence-electron chi connectivity index (χ2n) is 5.25. The lowest BCUT2D eigenvalue weighted by molar-refractivity contribution is -0.118. The minimum atomic E-state index is -0.00875. The number of aromatic nitrogens is 1. The molecule has 1 aromatic heterocycles. The third-order valence-electron chi connectivity index (χ3n) is 3.63. The molecular weight excluding hydrogens is 320 g/mol. The van der Waals surface area contributed by atoms with Crippen LogP contribution >= 0.6 is 11.8 Å². The molecule has 2 aromatic carbocycles. The van der Waals surface area contributed by atoms with Crippen molar-refractivity contribution in [3.63, 3.8) is 0 Å². The smallest absolute Gasteiger partial charge is 0.230 e. The fourth-order valence-corrected chi connectivity index (χ4v) is 3.18. The Morgan fingerprint density at radius 1 is 1.12 bits per heavy atom. The number of hydrogen-bond donors (Lipinski definition) is 1. The van der Waals surface area contributed by atoms with Crippen molar-refractivity contribution in [1.29, 1.82) is 0 Å². The van der Waals surface area contributed by atoms with E-state index in [0.717, 1.165) is 27.1 Å². The van der Waals surface area contributed by atoms with Gasteiger partial charge in [0.15, 0.2) is 0 Å². The van der Waals surface area contributed by atoms with E-state index in [0.29, 0.717) is 12.3 Å². The molecule has 3 rings (SSSR count). The zero-order valence-corrected chi connectivity index (χ0v) is 14.2. The molecule has 0 radical (unpaired) electrons. The molecule has 0 aliphatic rings. The number of ether oxygens (including phenoxy) is 1. The Morgan fingerprint density at radius 2 is 1.92 bits per heavy atom. The number of pyridine rings is 1. The molecule has 0 bridgehead atoms. The molecule has 5 heteroatoms. The Hall–Kier alpha value is -2.53. The molecule has 0 saturated carbocycles. The zero-order valence-electron chi connectivity index (χ0n) is 13.4. The highest BCUT2D eigenvalue weighted by Crippen LogP contribution is 2.25. The summed E-state index contributed by atoms with van der Waals surface area (Å²) in [6.45, 7) is 0.506. The van der Waals surface area contributed by atoms with Gasteiger partial charge in [-0.05, 0) is 29.1 Å². The van der Waals surface area contributed by atoms with Gasteiger partial charge in [-0.2, -0.15) is 0 Å². The number of amides is 1. The van der Waals surface area contributed by atoms with Crippen molar-refractivity contribution in [3.05, 3.63) is 66.4 Å². The van der Waals surface area contributed by atoms with E-state index in [1.807, 2.05) is 54.6 Å². The van der Waals surface area contributed by atoms with Crippen molar-refractivity contribution >= 4 is 28.4 Å². The molecule has 0 aliphatic heterocycles. The summed E-state index contributed by atoms with van der Waals surface area (Å²) >= 11 is 1.46. The summed E-state index contributed by atoms with van der Waals surface area (Å²) in [5.74, 6) is 1.14. The van der Waals surface area contributed by atoms with Crippen LogP contribution in [0.15, 0.2) is 65.8 Å². The van der Waals surface area contributed by atoms with Crippen LogP contribution in [0.25, 0.3) is 10.8 Å². The first kappa shape index (κ1) is 16.3. The van der Waals surface area contributed by atoms with Crippen LogP contribution in [0.4, 0.5) is 0 Å². The Labute approximate surface area is 145 Å². The number of thioether (sulfide) groups is 1. The second kappa shape index (κ2) is 7.84. The van der Waals surface area contributed by atoms with Gasteiger partial charge in [-0.1, -0.05) is 48.2 Å². The average molecular weight is 338 g/mol. The van der Waals surface area contributed by atoms with Crippen LogP contribution < -0.4 is 10.1 Å². The van der Waals surface area contributed by atoms with Gasteiger partial charge in [-0.25, -0.2) is 4.98 Å². The summed E-state index contributed by atoms with van der Waals surface area (Å²) in [5, 5.41) is 6.02. The number of carbonyl (C=O) groups excluding carboxylic acids is 1. The summed E-state index contributed by atoms with van der Waals surface area (Å²) in [6, 6.07) is 17.7. The third kappa shape index (κ3) is 4.06. The van der Waals surface area contributed by atoms with E-state index in [2.05, 4.69) is 10.3 Å². The molecule has 0 spiro atoms. The molecule has 1 amide bonds. The van der Waals surface area contributed by atoms with E-state index < -0.39 is 0 Å². The summed E-state index contributed by atoms with van der Waals surface area (Å²) in [6.07, 6.45) is 1.78. The highest BCUT2D eigenvalue weighted by Gasteiger charge is 2.07. The van der Waals surface area contributed by atoms with Gasteiger partial charge in [0.25, 0.3) is 0 Å². The predicted molar refractivity (Wildman–Crippen MR) is 97.3 cm³/mol. The number of rotatable bonds is 6. The first-order chi connectivity index (χ1) is 11.8. The van der Waals surface area contributed by atoms with Gasteiger partial charge < -0.3 is 10.1 Å². The molecule has 1 heterocycles. The highest BCUT2D eigenvalue weighted by molar-refractivity contribution is 8.00. The van der Waals surface area contributed by atoms with Crippen molar-refractivity contribution in [1.82, 2.24) is 10.3 Å². The van der Waals surface area contributed by atoms with Crippen LogP contribution in [-0.2, 0) is 11.3 Å². The topological polar surface area (TPSA) is 51.2 Å². The Bertz CT molecular complexity index is 829. The fraction of sp³-hybridized carbons (Fsp3) is 0.158. The van der Waals surface area contributed by atoms with Crippen LogP contribution in [0.2, 0.25) is 0 Å². The van der Waals surface area contributed by atoms with Crippen molar-refractivity contribution in [2.45, 2.75) is 11.6 Å². The first-order valence-electron chi connectivity index (χ1n) is 7.62. The number of nitrogens with zero attached hydrogens (tertiary/aromatic N) is 1. The van der Waals surface area contributed by atoms with Crippen molar-refractivity contribution in [2.24, 2.45) is 0 Å². The maximum absolute atomic E-state index is 12.1. The summed E-state index contributed by atoms with van der Waals surface area (Å²) in [5.41, 5.74) is 1.04. The van der Waals surface area contributed by atoms with E-state index in [-0.39, 0.29) is 5.91 Å². The lowest BCUT2D eigenvalue weighted by Gasteiger charge is -2.07. The summed E-state index contributed by atoms with van der Waals surface area (Å²) in [7, 11) is 1.63. The molecular formula is C19H18N2O2S. The Morgan fingerprint density at radius 3 is 2.71 bits per heavy atom. The van der Waals surface area contributed by atoms with E-state index in [1.165, 1.54) is 11.8 Å².